The normalized spacial score (nSPS) is 11.6. The zero-order valence-electron chi connectivity index (χ0n) is 34.1. The van der Waals surface area contributed by atoms with Gasteiger partial charge in [-0.15, -0.1) is 20.5 Å². The van der Waals surface area contributed by atoms with Crippen molar-refractivity contribution in [3.8, 4) is 11.5 Å². The van der Waals surface area contributed by atoms with Gasteiger partial charge >= 0.3 is 0 Å². The van der Waals surface area contributed by atoms with Gasteiger partial charge in [-0.3, -0.25) is 0 Å². The molecule has 0 saturated heterocycles. The van der Waals surface area contributed by atoms with E-state index in [2.05, 4.69) is 67.1 Å². The SMILES string of the molecule is CCN(CC)c1ccc(/N=N/c2snc3ccc(OC)cc23)c(Nc2nc(Nc3cc(N(CC)CC)ccc3/N=N/c3snc4ccc(OC)cc34)nc(SCCO)n2)c1. The summed E-state index contributed by atoms with van der Waals surface area (Å²) in [4.78, 5) is 18.8. The van der Waals surface area contributed by atoms with E-state index in [9.17, 15) is 5.11 Å². The Morgan fingerprint density at radius 3 is 1.50 bits per heavy atom. The lowest BCUT2D eigenvalue weighted by atomic mass is 10.2. The van der Waals surface area contributed by atoms with Gasteiger partial charge in [0, 0.05) is 54.1 Å². The molecule has 0 radical (unpaired) electrons. The third-order valence-corrected chi connectivity index (χ3v) is 11.8. The van der Waals surface area contributed by atoms with Gasteiger partial charge in [-0.25, -0.2) is 0 Å². The molecule has 3 N–H and O–H groups in total. The van der Waals surface area contributed by atoms with E-state index in [0.29, 0.717) is 55.2 Å². The molecule has 0 aliphatic carbocycles. The molecule has 0 saturated carbocycles. The number of aromatic nitrogens is 5. The maximum Gasteiger partial charge on any atom is 0.233 e. The first-order valence-electron chi connectivity index (χ1n) is 19.4. The first-order chi connectivity index (χ1) is 29.4. The zero-order valence-corrected chi connectivity index (χ0v) is 36.5. The number of ether oxygens (including phenoxy) is 2. The van der Waals surface area contributed by atoms with Crippen molar-refractivity contribution in [3.63, 3.8) is 0 Å². The number of anilines is 6. The van der Waals surface area contributed by atoms with Crippen molar-refractivity contribution < 1.29 is 14.6 Å². The van der Waals surface area contributed by atoms with Crippen LogP contribution in [0.4, 0.5) is 56.0 Å². The van der Waals surface area contributed by atoms with E-state index in [1.54, 1.807) is 14.2 Å². The molecule has 0 fully saturated rings. The standard InChI is InChI=1S/C41H45N13O3S3/c1-7-53(8-2)25-11-15-33(47-49-37-29-23-27(56-5)13-17-31(29)51-59-37)35(21-25)42-39-44-40(46-41(45-39)58-20-19-55)43-36-22-26(54(9-3)10-4)12-16-34(36)48-50-38-30-24-28(57-6)14-18-32(30)52-60-38/h11-18,21-24,55H,7-10,19-20H2,1-6H3,(H2,42,43,44,45,46)/b49-47+,50-48+. The van der Waals surface area contributed by atoms with Crippen LogP contribution >= 0.6 is 34.8 Å². The Labute approximate surface area is 360 Å². The fraction of sp³-hybridized carbons (Fsp3) is 0.293. The van der Waals surface area contributed by atoms with Crippen molar-refractivity contribution >= 4 is 113 Å². The number of benzene rings is 4. The third kappa shape index (κ3) is 9.71. The monoisotopic (exact) mass is 863 g/mol. The number of azo groups is 2. The maximum atomic E-state index is 9.73. The van der Waals surface area contributed by atoms with Crippen LogP contribution in [0.2, 0.25) is 0 Å². The van der Waals surface area contributed by atoms with Crippen LogP contribution < -0.4 is 29.9 Å². The van der Waals surface area contributed by atoms with E-state index < -0.39 is 0 Å². The number of methoxy groups -OCH3 is 2. The smallest absolute Gasteiger partial charge is 0.233 e. The Hall–Kier alpha value is -6.02. The van der Waals surface area contributed by atoms with Gasteiger partial charge in [0.25, 0.3) is 0 Å². The Morgan fingerprint density at radius 2 is 1.08 bits per heavy atom. The molecular weight excluding hydrogens is 819 g/mol. The van der Waals surface area contributed by atoms with Crippen LogP contribution in [0.5, 0.6) is 11.5 Å². The molecule has 0 spiro atoms. The highest BCUT2D eigenvalue weighted by atomic mass is 32.2. The second-order valence-electron chi connectivity index (χ2n) is 13.0. The van der Waals surface area contributed by atoms with E-state index >= 15 is 0 Å². The molecule has 0 aliphatic heterocycles. The molecule has 7 rings (SSSR count). The number of aliphatic hydroxyl groups excluding tert-OH is 1. The number of nitrogens with zero attached hydrogens (tertiary/aromatic N) is 11. The number of rotatable bonds is 19. The lowest BCUT2D eigenvalue weighted by Gasteiger charge is -2.22. The second-order valence-corrected chi connectivity index (χ2v) is 15.5. The highest BCUT2D eigenvalue weighted by Gasteiger charge is 2.16. The van der Waals surface area contributed by atoms with Crippen LogP contribution in [0.25, 0.3) is 21.8 Å². The summed E-state index contributed by atoms with van der Waals surface area (Å²) in [5.74, 6) is 2.34. The Kier molecular flexibility index (Phi) is 13.9. The highest BCUT2D eigenvalue weighted by Crippen LogP contribution is 2.40. The summed E-state index contributed by atoms with van der Waals surface area (Å²) in [5.41, 5.74) is 6.02. The number of nitrogens with one attached hydrogen (secondary N) is 2. The lowest BCUT2D eigenvalue weighted by Crippen LogP contribution is -2.21. The molecule has 4 aromatic carbocycles. The molecule has 0 atom stereocenters. The zero-order chi connectivity index (χ0) is 42.0. The van der Waals surface area contributed by atoms with Crippen LogP contribution in [0.15, 0.2) is 98.4 Å². The summed E-state index contributed by atoms with van der Waals surface area (Å²) in [6.07, 6.45) is 0. The lowest BCUT2D eigenvalue weighted by molar-refractivity contribution is 0.322. The molecule has 3 aromatic heterocycles. The minimum absolute atomic E-state index is 0.0506. The molecule has 3 heterocycles. The summed E-state index contributed by atoms with van der Waals surface area (Å²) < 4.78 is 20.0. The van der Waals surface area contributed by atoms with Crippen molar-refractivity contribution in [3.05, 3.63) is 72.8 Å². The Balaban J connectivity index is 1.27. The summed E-state index contributed by atoms with van der Waals surface area (Å²) >= 11 is 3.84. The average molecular weight is 864 g/mol. The fourth-order valence-corrected chi connectivity index (χ4v) is 8.26. The second kappa shape index (κ2) is 19.8. The predicted molar refractivity (Wildman–Crippen MR) is 245 cm³/mol. The van der Waals surface area contributed by atoms with Gasteiger partial charge in [-0.05, 0) is 124 Å². The maximum absolute atomic E-state index is 9.73. The number of hydrogen-bond acceptors (Lipinski definition) is 19. The van der Waals surface area contributed by atoms with Gasteiger partial charge in [-0.2, -0.15) is 23.7 Å². The van der Waals surface area contributed by atoms with E-state index in [1.807, 2.05) is 72.8 Å². The average Bonchev–Trinajstić information content (AvgIpc) is 3.88. The number of thioether (sulfide) groups is 1. The summed E-state index contributed by atoms with van der Waals surface area (Å²) in [7, 11) is 3.26. The fourth-order valence-electron chi connectivity index (χ4n) is 6.32. The molecule has 0 aliphatic rings. The van der Waals surface area contributed by atoms with Crippen molar-refractivity contribution in [2.45, 2.75) is 32.9 Å². The van der Waals surface area contributed by atoms with E-state index in [1.165, 1.54) is 34.8 Å². The molecule has 0 amide bonds. The van der Waals surface area contributed by atoms with E-state index in [0.717, 1.165) is 59.4 Å². The molecule has 60 heavy (non-hydrogen) atoms. The van der Waals surface area contributed by atoms with Gasteiger partial charge in [0.1, 0.15) is 22.9 Å². The van der Waals surface area contributed by atoms with E-state index in [4.69, 9.17) is 34.7 Å². The third-order valence-electron chi connectivity index (χ3n) is 9.47. The summed E-state index contributed by atoms with van der Waals surface area (Å²) in [5, 5.41) is 38.7. The van der Waals surface area contributed by atoms with Crippen LogP contribution in [-0.4, -0.2) is 81.6 Å². The molecule has 0 bridgehead atoms. The van der Waals surface area contributed by atoms with Gasteiger partial charge in [-0.1, -0.05) is 11.8 Å². The van der Waals surface area contributed by atoms with Crippen molar-refractivity contribution in [1.29, 1.82) is 0 Å². The van der Waals surface area contributed by atoms with Crippen molar-refractivity contribution in [1.82, 2.24) is 23.7 Å². The Morgan fingerprint density at radius 1 is 0.617 bits per heavy atom. The molecule has 16 nitrogen and oxygen atoms in total. The largest absolute Gasteiger partial charge is 0.497 e. The molecule has 310 valence electrons. The first kappa shape index (κ1) is 42.1. The minimum Gasteiger partial charge on any atom is -0.497 e. The van der Waals surface area contributed by atoms with Gasteiger partial charge in [0.05, 0.1) is 43.2 Å². The van der Waals surface area contributed by atoms with Crippen LogP contribution in [0, 0.1) is 0 Å². The van der Waals surface area contributed by atoms with Crippen LogP contribution in [0.1, 0.15) is 27.7 Å². The molecular formula is C41H45N13O3S3. The number of aliphatic hydroxyl groups is 1. The molecule has 19 heteroatoms. The van der Waals surface area contributed by atoms with Crippen molar-refractivity contribution in [2.75, 3.05) is 73.2 Å². The predicted octanol–water partition coefficient (Wildman–Crippen LogP) is 11.2. The number of hydrogen-bond donors (Lipinski definition) is 3. The van der Waals surface area contributed by atoms with Gasteiger partial charge in [0.15, 0.2) is 15.2 Å². The van der Waals surface area contributed by atoms with Crippen LogP contribution in [-0.2, 0) is 0 Å². The summed E-state index contributed by atoms with van der Waals surface area (Å²) in [6.45, 7) is 11.7. The quantitative estimate of drug-likeness (QED) is 0.0516. The van der Waals surface area contributed by atoms with Gasteiger partial charge < -0.3 is 35.0 Å². The number of fused-ring (bicyclic) bond motifs is 2. The molecule has 7 aromatic rings. The Bertz CT molecular complexity index is 2450. The highest BCUT2D eigenvalue weighted by molar-refractivity contribution is 7.99. The molecule has 0 unspecified atom stereocenters. The first-order valence-corrected chi connectivity index (χ1v) is 21.9. The van der Waals surface area contributed by atoms with Gasteiger partial charge in [0.2, 0.25) is 11.9 Å². The van der Waals surface area contributed by atoms with Crippen molar-refractivity contribution in [2.24, 2.45) is 20.5 Å². The topological polar surface area (TPSA) is 183 Å². The van der Waals surface area contributed by atoms with E-state index in [-0.39, 0.29) is 18.5 Å². The van der Waals surface area contributed by atoms with Crippen LogP contribution in [0.3, 0.4) is 0 Å². The minimum atomic E-state index is -0.0506. The summed E-state index contributed by atoms with van der Waals surface area (Å²) in [6, 6.07) is 23.3.